The SMILES string of the molecule is C=CC1(C)C=C(C)C(CC)C2C(C3CCC(C)CC3C)Oc3ccc(cc3)CC34OC3(C(=O)NC4=O)C(=O)C21. The highest BCUT2D eigenvalue weighted by Crippen LogP contribution is 2.61. The van der Waals surface area contributed by atoms with E-state index in [0.717, 1.165) is 37.0 Å². The summed E-state index contributed by atoms with van der Waals surface area (Å²) < 4.78 is 13.1. The highest BCUT2D eigenvalue weighted by Gasteiger charge is 2.88. The van der Waals surface area contributed by atoms with Crippen LogP contribution in [0.3, 0.4) is 0 Å². The number of Topliss-reactive ketones (excluding diaryl/α,β-unsaturated/α-hetero) is 1. The van der Waals surface area contributed by atoms with E-state index in [9.17, 15) is 14.4 Å². The van der Waals surface area contributed by atoms with Gasteiger partial charge in [0.25, 0.3) is 11.8 Å². The smallest absolute Gasteiger partial charge is 0.270 e. The van der Waals surface area contributed by atoms with Gasteiger partial charge >= 0.3 is 0 Å². The van der Waals surface area contributed by atoms with Crippen LogP contribution in [0, 0.1) is 40.9 Å². The minimum absolute atomic E-state index is 0.0791. The molecular formula is C33H41NO5. The average Bonchev–Trinajstić information content (AvgIpc) is 3.53. The van der Waals surface area contributed by atoms with Crippen LogP contribution in [-0.4, -0.2) is 34.9 Å². The number of epoxide rings is 1. The van der Waals surface area contributed by atoms with Crippen molar-refractivity contribution in [3.05, 3.63) is 54.1 Å². The highest BCUT2D eigenvalue weighted by molar-refractivity contribution is 6.29. The highest BCUT2D eigenvalue weighted by atomic mass is 16.7. The van der Waals surface area contributed by atoms with Gasteiger partial charge in [-0.3, -0.25) is 19.7 Å². The average molecular weight is 532 g/mol. The van der Waals surface area contributed by atoms with E-state index in [1.165, 1.54) is 5.57 Å². The third kappa shape index (κ3) is 3.59. The van der Waals surface area contributed by atoms with Gasteiger partial charge in [-0.15, -0.1) is 6.58 Å². The third-order valence-corrected chi connectivity index (χ3v) is 10.9. The zero-order chi connectivity index (χ0) is 27.9. The first-order chi connectivity index (χ1) is 18.5. The molecule has 2 saturated heterocycles. The molecule has 2 bridgehead atoms. The van der Waals surface area contributed by atoms with Gasteiger partial charge in [-0.25, -0.2) is 0 Å². The van der Waals surface area contributed by atoms with Crippen molar-refractivity contribution in [2.24, 2.45) is 40.9 Å². The predicted molar refractivity (Wildman–Crippen MR) is 148 cm³/mol. The van der Waals surface area contributed by atoms with Crippen LogP contribution >= 0.6 is 0 Å². The Balaban J connectivity index is 1.59. The molecule has 1 aromatic carbocycles. The fourth-order valence-electron chi connectivity index (χ4n) is 8.84. The van der Waals surface area contributed by atoms with Gasteiger partial charge in [0.15, 0.2) is 11.4 Å². The van der Waals surface area contributed by atoms with E-state index >= 15 is 0 Å². The van der Waals surface area contributed by atoms with Crippen molar-refractivity contribution >= 4 is 17.6 Å². The maximum absolute atomic E-state index is 15.0. The molecule has 1 aromatic rings. The largest absolute Gasteiger partial charge is 0.490 e. The monoisotopic (exact) mass is 531 g/mol. The van der Waals surface area contributed by atoms with E-state index in [2.05, 4.69) is 45.7 Å². The number of benzene rings is 1. The number of nitrogens with one attached hydrogen (secondary N) is 1. The van der Waals surface area contributed by atoms with Crippen molar-refractivity contribution in [1.29, 1.82) is 0 Å². The molecule has 6 nitrogen and oxygen atoms in total. The first kappa shape index (κ1) is 26.5. The lowest BCUT2D eigenvalue weighted by Gasteiger charge is -2.52. The molecule has 2 amide bonds. The number of allylic oxidation sites excluding steroid dienone is 3. The predicted octanol–water partition coefficient (Wildman–Crippen LogP) is 5.21. The molecule has 1 N–H and O–H groups in total. The summed E-state index contributed by atoms with van der Waals surface area (Å²) in [4.78, 5) is 41.7. The van der Waals surface area contributed by atoms with Gasteiger partial charge in [0.1, 0.15) is 11.9 Å². The number of hydrogen-bond acceptors (Lipinski definition) is 5. The van der Waals surface area contributed by atoms with Crippen molar-refractivity contribution in [2.75, 3.05) is 0 Å². The van der Waals surface area contributed by atoms with Crippen molar-refractivity contribution in [1.82, 2.24) is 5.32 Å². The first-order valence-corrected chi connectivity index (χ1v) is 14.7. The lowest BCUT2D eigenvalue weighted by Crippen LogP contribution is -2.57. The second-order valence-electron chi connectivity index (χ2n) is 13.2. The molecule has 10 atom stereocenters. The summed E-state index contributed by atoms with van der Waals surface area (Å²) in [5, 5.41) is 2.45. The number of rotatable bonds is 3. The van der Waals surface area contributed by atoms with Gasteiger partial charge in [0.05, 0.1) is 0 Å². The van der Waals surface area contributed by atoms with Crippen molar-refractivity contribution in [2.45, 2.75) is 84.0 Å². The fraction of sp³-hybridized carbons (Fsp3) is 0.606. The lowest BCUT2D eigenvalue weighted by atomic mass is 9.53. The van der Waals surface area contributed by atoms with E-state index < -0.39 is 34.3 Å². The molecule has 3 fully saturated rings. The minimum Gasteiger partial charge on any atom is -0.490 e. The molecule has 6 heteroatoms. The van der Waals surface area contributed by atoms with E-state index in [-0.39, 0.29) is 36.1 Å². The third-order valence-electron chi connectivity index (χ3n) is 10.9. The standard InChI is InChI=1S/C33H41NO5/c1-7-23-20(5)16-31(6,8-2)26-25(23)27(24-14-9-18(3)15-19(24)4)38-22-12-10-21(11-13-22)17-32-29(36)34-30(37)33(32,39-32)28(26)35/h8,10-13,16,18-19,23-27H,2,7,9,14-15,17H2,1,3-6H3,(H,34,36,37). The molecule has 1 saturated carbocycles. The number of ketones is 1. The van der Waals surface area contributed by atoms with Gasteiger partial charge in [-0.2, -0.15) is 0 Å². The van der Waals surface area contributed by atoms with E-state index in [1.807, 2.05) is 37.3 Å². The summed E-state index contributed by atoms with van der Waals surface area (Å²) >= 11 is 0. The summed E-state index contributed by atoms with van der Waals surface area (Å²) in [5.74, 6) is -0.118. The van der Waals surface area contributed by atoms with E-state index in [0.29, 0.717) is 11.8 Å². The minimum atomic E-state index is -1.82. The Hall–Kier alpha value is -2.73. The number of ether oxygens (including phenoxy) is 2. The fourth-order valence-corrected chi connectivity index (χ4v) is 8.84. The topological polar surface area (TPSA) is 85.0 Å². The van der Waals surface area contributed by atoms with E-state index in [4.69, 9.17) is 9.47 Å². The van der Waals surface area contributed by atoms with Gasteiger partial charge < -0.3 is 9.47 Å². The molecule has 4 heterocycles. The molecular weight excluding hydrogens is 490 g/mol. The Bertz CT molecular complexity index is 1270. The lowest BCUT2D eigenvalue weighted by molar-refractivity contribution is -0.145. The maximum Gasteiger partial charge on any atom is 0.270 e. The molecule has 10 unspecified atom stereocenters. The first-order valence-electron chi connectivity index (χ1n) is 14.7. The maximum atomic E-state index is 15.0. The quantitative estimate of drug-likeness (QED) is 0.251. The Morgan fingerprint density at radius 2 is 1.82 bits per heavy atom. The zero-order valence-corrected chi connectivity index (χ0v) is 23.8. The van der Waals surface area contributed by atoms with Crippen LogP contribution in [0.4, 0.5) is 0 Å². The van der Waals surface area contributed by atoms with Crippen LogP contribution in [0.25, 0.3) is 0 Å². The summed E-state index contributed by atoms with van der Waals surface area (Å²) in [6.45, 7) is 15.1. The molecule has 2 aliphatic carbocycles. The Labute approximate surface area is 231 Å². The molecule has 6 aliphatic rings. The Kier molecular flexibility index (Phi) is 6.04. The number of amides is 2. The van der Waals surface area contributed by atoms with Crippen LogP contribution in [0.2, 0.25) is 0 Å². The number of carbonyl (C=O) groups excluding carboxylic acids is 3. The van der Waals surface area contributed by atoms with Crippen LogP contribution < -0.4 is 10.1 Å². The van der Waals surface area contributed by atoms with Gasteiger partial charge in [-0.1, -0.05) is 64.0 Å². The molecule has 4 aliphatic heterocycles. The number of carbonyl (C=O) groups is 3. The normalized spacial score (nSPS) is 45.0. The molecule has 0 aromatic heterocycles. The second-order valence-corrected chi connectivity index (χ2v) is 13.2. The molecule has 0 radical (unpaired) electrons. The molecule has 39 heavy (non-hydrogen) atoms. The van der Waals surface area contributed by atoms with Crippen LogP contribution in [0.1, 0.15) is 65.9 Å². The second kappa shape index (κ2) is 8.89. The van der Waals surface area contributed by atoms with Crippen molar-refractivity contribution in [3.8, 4) is 5.75 Å². The number of fused-ring (bicyclic) bond motifs is 3. The van der Waals surface area contributed by atoms with E-state index in [1.54, 1.807) is 0 Å². The zero-order valence-electron chi connectivity index (χ0n) is 23.8. The molecule has 7 rings (SSSR count). The summed E-state index contributed by atoms with van der Waals surface area (Å²) in [6, 6.07) is 7.78. The van der Waals surface area contributed by atoms with Crippen LogP contribution in [-0.2, 0) is 25.5 Å². The van der Waals surface area contributed by atoms with Crippen molar-refractivity contribution in [3.63, 3.8) is 0 Å². The van der Waals surface area contributed by atoms with Gasteiger partial charge in [0.2, 0.25) is 5.60 Å². The molecule has 208 valence electrons. The van der Waals surface area contributed by atoms with Gasteiger partial charge in [0, 0.05) is 23.7 Å². The molecule has 0 spiro atoms. The van der Waals surface area contributed by atoms with Crippen LogP contribution in [0.15, 0.2) is 48.6 Å². The number of morpholine rings is 1. The Morgan fingerprint density at radius 3 is 2.46 bits per heavy atom. The summed E-state index contributed by atoms with van der Waals surface area (Å²) in [7, 11) is 0. The van der Waals surface area contributed by atoms with Crippen LogP contribution in [0.5, 0.6) is 5.75 Å². The van der Waals surface area contributed by atoms with Crippen molar-refractivity contribution < 1.29 is 23.9 Å². The Morgan fingerprint density at radius 1 is 1.10 bits per heavy atom. The summed E-state index contributed by atoms with van der Waals surface area (Å²) in [5.41, 5.74) is -2.00. The number of hydrogen-bond donors (Lipinski definition) is 1. The summed E-state index contributed by atoms with van der Waals surface area (Å²) in [6.07, 6.45) is 8.02. The van der Waals surface area contributed by atoms with Gasteiger partial charge in [-0.05, 0) is 67.6 Å². The number of imide groups is 1.